The molecule has 2 heterocycles. The Morgan fingerprint density at radius 2 is 1.91 bits per heavy atom. The van der Waals surface area contributed by atoms with Crippen molar-refractivity contribution in [2.75, 3.05) is 23.0 Å². The molecule has 1 saturated heterocycles. The van der Waals surface area contributed by atoms with E-state index in [1.165, 1.54) is 23.1 Å². The molecule has 9 heteroatoms. The van der Waals surface area contributed by atoms with Gasteiger partial charge in [-0.25, -0.2) is 0 Å². The largest absolute Gasteiger partial charge is 0.396 e. The van der Waals surface area contributed by atoms with Crippen molar-refractivity contribution in [1.29, 1.82) is 0 Å². The lowest BCUT2D eigenvalue weighted by Crippen LogP contribution is -2.44. The average molecular weight is 480 g/mol. The van der Waals surface area contributed by atoms with Crippen LogP contribution >= 0.6 is 0 Å². The number of rotatable bonds is 8. The molecule has 2 aromatic rings. The Kier molecular flexibility index (Phi) is 7.00. The van der Waals surface area contributed by atoms with Gasteiger partial charge in [0.1, 0.15) is 0 Å². The number of benzene rings is 2. The lowest BCUT2D eigenvalue weighted by atomic mass is 9.82. The van der Waals surface area contributed by atoms with Gasteiger partial charge in [-0.05, 0) is 43.0 Å². The summed E-state index contributed by atoms with van der Waals surface area (Å²) < 4.78 is 0. The summed E-state index contributed by atoms with van der Waals surface area (Å²) in [6, 6.07) is 11.5. The third-order valence-electron chi connectivity index (χ3n) is 6.76. The summed E-state index contributed by atoms with van der Waals surface area (Å²) in [4.78, 5) is 39.8. The van der Waals surface area contributed by atoms with Gasteiger partial charge >= 0.3 is 0 Å². The number of carbonyl (C=O) groups excluding carboxylic acids is 2. The predicted molar refractivity (Wildman–Crippen MR) is 131 cm³/mol. The molecule has 0 aromatic heterocycles. The Bertz CT molecular complexity index is 1160. The van der Waals surface area contributed by atoms with Gasteiger partial charge in [0.15, 0.2) is 5.60 Å². The van der Waals surface area contributed by atoms with Crippen LogP contribution in [0.3, 0.4) is 0 Å². The molecule has 2 aliphatic rings. The molecule has 2 atom stereocenters. The number of nitrogens with zero attached hydrogens (tertiary/aromatic N) is 3. The zero-order valence-corrected chi connectivity index (χ0v) is 19.6. The molecule has 184 valence electrons. The van der Waals surface area contributed by atoms with E-state index in [1.807, 2.05) is 24.3 Å². The highest BCUT2D eigenvalue weighted by atomic mass is 16.6. The summed E-state index contributed by atoms with van der Waals surface area (Å²) in [7, 11) is 0. The zero-order valence-electron chi connectivity index (χ0n) is 19.6. The topological polar surface area (TPSA) is 124 Å². The summed E-state index contributed by atoms with van der Waals surface area (Å²) in [6.07, 6.45) is 6.09. The van der Waals surface area contributed by atoms with E-state index in [0.717, 1.165) is 24.1 Å². The van der Waals surface area contributed by atoms with Gasteiger partial charge in [-0.1, -0.05) is 31.2 Å². The van der Waals surface area contributed by atoms with Crippen LogP contribution in [0.2, 0.25) is 0 Å². The van der Waals surface area contributed by atoms with Gasteiger partial charge in [-0.3, -0.25) is 19.7 Å². The highest BCUT2D eigenvalue weighted by molar-refractivity contribution is 6.07. The molecular weight excluding hydrogens is 450 g/mol. The smallest absolute Gasteiger partial charge is 0.269 e. The number of hydrogen-bond donors (Lipinski definition) is 2. The summed E-state index contributed by atoms with van der Waals surface area (Å²) >= 11 is 0. The lowest BCUT2D eigenvalue weighted by molar-refractivity contribution is -0.385. The molecule has 2 aromatic carbocycles. The second kappa shape index (κ2) is 9.97. The van der Waals surface area contributed by atoms with Crippen molar-refractivity contribution in [3.63, 3.8) is 0 Å². The van der Waals surface area contributed by atoms with Crippen molar-refractivity contribution in [2.24, 2.45) is 5.92 Å². The molecule has 35 heavy (non-hydrogen) atoms. The van der Waals surface area contributed by atoms with Gasteiger partial charge in [0.25, 0.3) is 11.6 Å². The van der Waals surface area contributed by atoms with E-state index < -0.39 is 22.3 Å². The summed E-state index contributed by atoms with van der Waals surface area (Å²) in [6.45, 7) is 2.45. The third-order valence-corrected chi connectivity index (χ3v) is 6.76. The molecular formula is C26H29N3O6. The molecule has 0 aliphatic carbocycles. The van der Waals surface area contributed by atoms with Crippen LogP contribution in [0, 0.1) is 16.0 Å². The minimum Gasteiger partial charge on any atom is -0.396 e. The van der Waals surface area contributed by atoms with E-state index in [0.29, 0.717) is 25.1 Å². The maximum atomic E-state index is 13.6. The first-order chi connectivity index (χ1) is 16.8. The Morgan fingerprint density at radius 1 is 1.17 bits per heavy atom. The highest BCUT2D eigenvalue weighted by Gasteiger charge is 2.53. The van der Waals surface area contributed by atoms with Crippen LogP contribution in [0.4, 0.5) is 17.1 Å². The molecule has 9 nitrogen and oxygen atoms in total. The number of nitro benzene ring substituents is 1. The number of nitro groups is 1. The van der Waals surface area contributed by atoms with E-state index >= 15 is 0 Å². The van der Waals surface area contributed by atoms with E-state index in [2.05, 4.69) is 0 Å². The first kappa shape index (κ1) is 24.6. The van der Waals surface area contributed by atoms with Crippen molar-refractivity contribution in [2.45, 2.75) is 44.8 Å². The van der Waals surface area contributed by atoms with Crippen LogP contribution in [0.25, 0.3) is 0 Å². The van der Waals surface area contributed by atoms with Crippen molar-refractivity contribution < 1.29 is 24.7 Å². The molecule has 2 N–H and O–H groups in total. The molecule has 0 bridgehead atoms. The normalized spacial score (nSPS) is 21.0. The number of amides is 2. The minimum atomic E-state index is -1.98. The van der Waals surface area contributed by atoms with E-state index in [1.54, 1.807) is 24.0 Å². The number of piperidine rings is 1. The number of anilines is 2. The first-order valence-electron chi connectivity index (χ1n) is 11.8. The molecule has 2 amide bonds. The molecule has 1 fully saturated rings. The van der Waals surface area contributed by atoms with Crippen LogP contribution in [0.15, 0.2) is 54.6 Å². The fraction of sp³-hybridized carbons (Fsp3) is 0.385. The number of non-ortho nitro benzene ring substituents is 1. The third kappa shape index (κ3) is 4.56. The van der Waals surface area contributed by atoms with Gasteiger partial charge in [0, 0.05) is 48.9 Å². The number of aliphatic hydroxyl groups is 2. The Morgan fingerprint density at radius 3 is 2.57 bits per heavy atom. The number of fused-ring (bicyclic) bond motifs is 1. The maximum absolute atomic E-state index is 13.6. The molecule has 0 unspecified atom stereocenters. The summed E-state index contributed by atoms with van der Waals surface area (Å²) in [5, 5.41) is 32.0. The van der Waals surface area contributed by atoms with Crippen LogP contribution in [0.5, 0.6) is 0 Å². The summed E-state index contributed by atoms with van der Waals surface area (Å²) in [5.41, 5.74) is 0.0195. The molecule has 4 rings (SSSR count). The van der Waals surface area contributed by atoms with Crippen LogP contribution in [0.1, 0.15) is 43.7 Å². The maximum Gasteiger partial charge on any atom is 0.269 e. The van der Waals surface area contributed by atoms with Gasteiger partial charge in [-0.15, -0.1) is 0 Å². The second-order valence-corrected chi connectivity index (χ2v) is 9.01. The van der Waals surface area contributed by atoms with Crippen LogP contribution in [-0.2, 0) is 21.7 Å². The highest BCUT2D eigenvalue weighted by Crippen LogP contribution is 2.47. The molecule has 0 spiro atoms. The van der Waals surface area contributed by atoms with E-state index in [-0.39, 0.29) is 30.3 Å². The quantitative estimate of drug-likeness (QED) is 0.340. The fourth-order valence-corrected chi connectivity index (χ4v) is 4.76. The SMILES string of the molecule is C[C@@H](/C=C/CCO)[C@]1(O)C(=O)N(Cc2ccc(N3CCCCC3=O)cc2)c2ccc([N+](=O)[O-])cc21. The Hall–Kier alpha value is -3.56. The van der Waals surface area contributed by atoms with Gasteiger partial charge < -0.3 is 20.0 Å². The van der Waals surface area contributed by atoms with E-state index in [9.17, 15) is 24.8 Å². The minimum absolute atomic E-state index is 0.0667. The van der Waals surface area contributed by atoms with Crippen molar-refractivity contribution in [3.05, 3.63) is 75.9 Å². The predicted octanol–water partition coefficient (Wildman–Crippen LogP) is 3.42. The lowest BCUT2D eigenvalue weighted by Gasteiger charge is -2.28. The number of aliphatic hydroxyl groups excluding tert-OH is 1. The second-order valence-electron chi connectivity index (χ2n) is 9.01. The fourth-order valence-electron chi connectivity index (χ4n) is 4.76. The first-order valence-corrected chi connectivity index (χ1v) is 11.8. The van der Waals surface area contributed by atoms with Gasteiger partial charge in [0.2, 0.25) is 5.91 Å². The average Bonchev–Trinajstić information content (AvgIpc) is 3.07. The standard InChI is InChI=1S/C26H29N3O6/c1-18(6-3-5-15-30)26(33)22-16-21(29(34)35)12-13-23(22)28(25(26)32)17-19-8-10-20(11-9-19)27-14-4-2-7-24(27)31/h3,6,8-13,16,18,30,33H,2,4-5,7,14-15,17H2,1H3/b6-3+/t18-,26+/m0/s1. The molecule has 0 radical (unpaired) electrons. The number of hydrogen-bond acceptors (Lipinski definition) is 6. The molecule has 0 saturated carbocycles. The van der Waals surface area contributed by atoms with Crippen LogP contribution in [-0.4, -0.2) is 40.1 Å². The Labute approximate surface area is 203 Å². The zero-order chi connectivity index (χ0) is 25.2. The monoisotopic (exact) mass is 479 g/mol. The van der Waals surface area contributed by atoms with Gasteiger partial charge in [0.05, 0.1) is 17.2 Å². The van der Waals surface area contributed by atoms with Crippen molar-refractivity contribution >= 4 is 28.9 Å². The van der Waals surface area contributed by atoms with Crippen molar-refractivity contribution in [3.8, 4) is 0 Å². The van der Waals surface area contributed by atoms with E-state index in [4.69, 9.17) is 5.11 Å². The Balaban J connectivity index is 1.65. The van der Waals surface area contributed by atoms with Gasteiger partial charge in [-0.2, -0.15) is 0 Å². The van der Waals surface area contributed by atoms with Crippen LogP contribution < -0.4 is 9.80 Å². The summed E-state index contributed by atoms with van der Waals surface area (Å²) in [5.74, 6) is -1.15. The number of carbonyl (C=O) groups is 2. The molecule has 2 aliphatic heterocycles. The van der Waals surface area contributed by atoms with Crippen molar-refractivity contribution in [1.82, 2.24) is 0 Å².